The summed E-state index contributed by atoms with van der Waals surface area (Å²) in [6.45, 7) is 1.85. The number of rotatable bonds is 3. The van der Waals surface area contributed by atoms with Crippen molar-refractivity contribution in [3.05, 3.63) is 28.8 Å². The van der Waals surface area contributed by atoms with Gasteiger partial charge in [-0.1, -0.05) is 24.6 Å². The number of hydrogen-bond acceptors (Lipinski definition) is 3. The fraction of sp³-hybridized carbons (Fsp3) is 0.400. The Kier molecular flexibility index (Phi) is 5.98. The number of phenols is 1. The predicted molar refractivity (Wildman–Crippen MR) is 63.6 cm³/mol. The molecule has 5 heteroatoms. The summed E-state index contributed by atoms with van der Waals surface area (Å²) in [6, 6.07) is 4.24. The molecule has 0 heterocycles. The third-order valence-corrected chi connectivity index (χ3v) is 2.49. The lowest BCUT2D eigenvalue weighted by Crippen LogP contribution is -2.25. The second-order valence-corrected chi connectivity index (χ2v) is 3.62. The van der Waals surface area contributed by atoms with Crippen LogP contribution in [0, 0.1) is 0 Å². The number of aliphatic hydroxyl groups excluding tert-OH is 1. The minimum Gasteiger partial charge on any atom is -0.506 e. The average Bonchev–Trinajstić information content (AvgIpc) is 2.20. The minimum atomic E-state index is -0.587. The predicted octanol–water partition coefficient (Wildman–Crippen LogP) is 2.24. The first kappa shape index (κ1) is 14.5. The van der Waals surface area contributed by atoms with Gasteiger partial charge in [-0.15, -0.1) is 12.4 Å². The molecule has 0 radical (unpaired) electrons. The Balaban J connectivity index is 0.00000196. The zero-order valence-corrected chi connectivity index (χ0v) is 9.92. The van der Waals surface area contributed by atoms with Gasteiger partial charge < -0.3 is 15.9 Å². The molecule has 0 saturated heterocycles. The van der Waals surface area contributed by atoms with Gasteiger partial charge in [0.05, 0.1) is 17.2 Å². The van der Waals surface area contributed by atoms with Crippen molar-refractivity contribution in [3.8, 4) is 5.75 Å². The lowest BCUT2D eigenvalue weighted by molar-refractivity contribution is 0.140. The molecular weight excluding hydrogens is 237 g/mol. The number of aromatic hydroxyl groups is 1. The molecule has 86 valence electrons. The molecule has 0 spiro atoms. The quantitative estimate of drug-likeness (QED) is 0.772. The van der Waals surface area contributed by atoms with Crippen LogP contribution in [0.15, 0.2) is 18.2 Å². The number of hydrogen-bond donors (Lipinski definition) is 3. The summed E-state index contributed by atoms with van der Waals surface area (Å²) in [7, 11) is 0. The highest BCUT2D eigenvalue weighted by molar-refractivity contribution is 6.32. The van der Waals surface area contributed by atoms with E-state index in [-0.39, 0.29) is 23.2 Å². The maximum atomic E-state index is 9.51. The molecule has 0 aromatic heterocycles. The van der Waals surface area contributed by atoms with E-state index >= 15 is 0 Å². The van der Waals surface area contributed by atoms with Crippen LogP contribution in [0.2, 0.25) is 5.02 Å². The van der Waals surface area contributed by atoms with Crippen LogP contribution in [0.4, 0.5) is 0 Å². The zero-order valence-electron chi connectivity index (χ0n) is 8.35. The van der Waals surface area contributed by atoms with Crippen molar-refractivity contribution < 1.29 is 10.2 Å². The van der Waals surface area contributed by atoms with E-state index in [0.29, 0.717) is 6.42 Å². The normalized spacial score (nSPS) is 14.1. The smallest absolute Gasteiger partial charge is 0.134 e. The number of halogens is 2. The Morgan fingerprint density at radius 3 is 2.53 bits per heavy atom. The van der Waals surface area contributed by atoms with E-state index in [9.17, 15) is 10.2 Å². The zero-order chi connectivity index (χ0) is 10.7. The van der Waals surface area contributed by atoms with E-state index in [1.54, 1.807) is 12.1 Å². The van der Waals surface area contributed by atoms with E-state index in [1.165, 1.54) is 6.07 Å². The second kappa shape index (κ2) is 6.18. The van der Waals surface area contributed by atoms with Crippen LogP contribution >= 0.6 is 24.0 Å². The van der Waals surface area contributed by atoms with Crippen molar-refractivity contribution in [2.24, 2.45) is 5.73 Å². The Bertz CT molecular complexity index is 320. The third-order valence-electron chi connectivity index (χ3n) is 2.19. The van der Waals surface area contributed by atoms with Crippen LogP contribution < -0.4 is 5.73 Å². The van der Waals surface area contributed by atoms with Gasteiger partial charge in [0.2, 0.25) is 0 Å². The monoisotopic (exact) mass is 251 g/mol. The summed E-state index contributed by atoms with van der Waals surface area (Å²) < 4.78 is 0. The van der Waals surface area contributed by atoms with E-state index in [1.807, 2.05) is 6.92 Å². The number of nitrogens with two attached hydrogens (primary N) is 1. The van der Waals surface area contributed by atoms with Gasteiger partial charge >= 0.3 is 0 Å². The van der Waals surface area contributed by atoms with E-state index < -0.39 is 12.1 Å². The summed E-state index contributed by atoms with van der Waals surface area (Å²) in [4.78, 5) is 0. The summed E-state index contributed by atoms with van der Waals surface area (Å²) >= 11 is 5.72. The van der Waals surface area contributed by atoms with E-state index in [4.69, 9.17) is 17.3 Å². The first-order valence-corrected chi connectivity index (χ1v) is 4.86. The van der Waals surface area contributed by atoms with Crippen molar-refractivity contribution in [2.45, 2.75) is 25.5 Å². The molecule has 0 fully saturated rings. The number of benzene rings is 1. The first-order chi connectivity index (χ1) is 6.56. The molecule has 15 heavy (non-hydrogen) atoms. The maximum Gasteiger partial charge on any atom is 0.134 e. The Labute approximate surface area is 100 Å². The van der Waals surface area contributed by atoms with Crippen molar-refractivity contribution in [3.63, 3.8) is 0 Å². The third kappa shape index (κ3) is 3.54. The Morgan fingerprint density at radius 1 is 1.47 bits per heavy atom. The molecule has 0 amide bonds. The van der Waals surface area contributed by atoms with Gasteiger partial charge in [-0.2, -0.15) is 0 Å². The standard InChI is InChI=1S/C10H14ClNO2.ClH/c1-2-8(13)10(12)6-3-4-9(14)7(11)5-6;/h3-5,8,10,13-14H,2,12H2,1H3;1H/t8-,10+;/m1./s1. The Hall–Kier alpha value is -0.480. The second-order valence-electron chi connectivity index (χ2n) is 3.21. The summed E-state index contributed by atoms with van der Waals surface area (Å²) in [5.74, 6) is 0.0219. The molecule has 3 nitrogen and oxygen atoms in total. The molecule has 1 aromatic rings. The number of aliphatic hydroxyl groups is 1. The SMILES string of the molecule is CC[C@@H](O)[C@@H](N)c1ccc(O)c(Cl)c1.Cl. The van der Waals surface area contributed by atoms with Crippen molar-refractivity contribution >= 4 is 24.0 Å². The van der Waals surface area contributed by atoms with Gasteiger partial charge in [0, 0.05) is 0 Å². The topological polar surface area (TPSA) is 66.5 Å². The van der Waals surface area contributed by atoms with Crippen molar-refractivity contribution in [1.29, 1.82) is 0 Å². The Morgan fingerprint density at radius 2 is 2.07 bits per heavy atom. The van der Waals surface area contributed by atoms with Gasteiger partial charge in [-0.25, -0.2) is 0 Å². The summed E-state index contributed by atoms with van der Waals surface area (Å²) in [5.41, 5.74) is 6.50. The van der Waals surface area contributed by atoms with Gasteiger partial charge in [0.15, 0.2) is 0 Å². The van der Waals surface area contributed by atoms with Gasteiger partial charge in [0.25, 0.3) is 0 Å². The molecule has 0 aliphatic heterocycles. The number of phenolic OH excluding ortho intramolecular Hbond substituents is 1. The molecule has 0 aliphatic rings. The highest BCUT2D eigenvalue weighted by Gasteiger charge is 2.15. The lowest BCUT2D eigenvalue weighted by atomic mass is 10.0. The van der Waals surface area contributed by atoms with Crippen LogP contribution in [-0.2, 0) is 0 Å². The first-order valence-electron chi connectivity index (χ1n) is 4.48. The highest BCUT2D eigenvalue weighted by atomic mass is 35.5. The van der Waals surface area contributed by atoms with Crippen LogP contribution in [0.5, 0.6) is 5.75 Å². The summed E-state index contributed by atoms with van der Waals surface area (Å²) in [6.07, 6.45) is -0.00440. The summed E-state index contributed by atoms with van der Waals surface area (Å²) in [5, 5.41) is 18.9. The fourth-order valence-corrected chi connectivity index (χ4v) is 1.40. The van der Waals surface area contributed by atoms with Crippen LogP contribution in [0.3, 0.4) is 0 Å². The molecule has 0 saturated carbocycles. The van der Waals surface area contributed by atoms with Gasteiger partial charge in [-0.3, -0.25) is 0 Å². The molecule has 0 aliphatic carbocycles. The average molecular weight is 252 g/mol. The molecular formula is C10H15Cl2NO2. The van der Waals surface area contributed by atoms with E-state index in [2.05, 4.69) is 0 Å². The maximum absolute atomic E-state index is 9.51. The molecule has 2 atom stereocenters. The molecule has 4 N–H and O–H groups in total. The van der Waals surface area contributed by atoms with Crippen LogP contribution in [0.1, 0.15) is 24.9 Å². The highest BCUT2D eigenvalue weighted by Crippen LogP contribution is 2.27. The van der Waals surface area contributed by atoms with Gasteiger partial charge in [-0.05, 0) is 24.1 Å². The lowest BCUT2D eigenvalue weighted by Gasteiger charge is -2.17. The molecule has 0 unspecified atom stereocenters. The van der Waals surface area contributed by atoms with Crippen LogP contribution in [-0.4, -0.2) is 16.3 Å². The minimum absolute atomic E-state index is 0. The van der Waals surface area contributed by atoms with Crippen molar-refractivity contribution in [2.75, 3.05) is 0 Å². The van der Waals surface area contributed by atoms with E-state index in [0.717, 1.165) is 5.56 Å². The van der Waals surface area contributed by atoms with Gasteiger partial charge in [0.1, 0.15) is 5.75 Å². The molecule has 1 aromatic carbocycles. The molecule has 1 rings (SSSR count). The fourth-order valence-electron chi connectivity index (χ4n) is 1.21. The molecule has 0 bridgehead atoms. The van der Waals surface area contributed by atoms with Crippen LogP contribution in [0.25, 0.3) is 0 Å². The largest absolute Gasteiger partial charge is 0.506 e. The van der Waals surface area contributed by atoms with Crippen molar-refractivity contribution in [1.82, 2.24) is 0 Å².